The first-order valence-electron chi connectivity index (χ1n) is 9.99. The Labute approximate surface area is 176 Å². The van der Waals surface area contributed by atoms with Crippen LogP contribution in [0.3, 0.4) is 0 Å². The number of benzene rings is 2. The SMILES string of the molecule is COCCOc1ccc([C@H](C)NC(=O)[C@@H]2CC(=O)N(c3ccccc3)C2)cc1OC. The van der Waals surface area contributed by atoms with E-state index >= 15 is 0 Å². The second kappa shape index (κ2) is 10.1. The van der Waals surface area contributed by atoms with Gasteiger partial charge in [-0.3, -0.25) is 9.59 Å². The third-order valence-corrected chi connectivity index (χ3v) is 5.16. The fraction of sp³-hybridized carbons (Fsp3) is 0.391. The smallest absolute Gasteiger partial charge is 0.227 e. The molecule has 2 aromatic rings. The van der Waals surface area contributed by atoms with Crippen molar-refractivity contribution >= 4 is 17.5 Å². The summed E-state index contributed by atoms with van der Waals surface area (Å²) in [6.45, 7) is 3.20. The molecule has 0 spiro atoms. The molecule has 7 heteroatoms. The summed E-state index contributed by atoms with van der Waals surface area (Å²) in [5, 5.41) is 3.02. The normalized spacial score (nSPS) is 17.0. The van der Waals surface area contributed by atoms with Crippen molar-refractivity contribution in [3.05, 3.63) is 54.1 Å². The summed E-state index contributed by atoms with van der Waals surface area (Å²) in [6, 6.07) is 14.8. The summed E-state index contributed by atoms with van der Waals surface area (Å²) in [5.74, 6) is 0.674. The number of carbonyl (C=O) groups excluding carboxylic acids is 2. The van der Waals surface area contributed by atoms with E-state index in [2.05, 4.69) is 5.32 Å². The molecule has 160 valence electrons. The third-order valence-electron chi connectivity index (χ3n) is 5.16. The third kappa shape index (κ3) is 5.10. The van der Waals surface area contributed by atoms with Crippen molar-refractivity contribution < 1.29 is 23.8 Å². The maximum Gasteiger partial charge on any atom is 0.227 e. The second-order valence-electron chi connectivity index (χ2n) is 7.22. The van der Waals surface area contributed by atoms with Gasteiger partial charge in [0.05, 0.1) is 25.7 Å². The number of amides is 2. The quantitative estimate of drug-likeness (QED) is 0.641. The van der Waals surface area contributed by atoms with Crippen molar-refractivity contribution in [2.75, 3.05) is 38.9 Å². The van der Waals surface area contributed by atoms with Crippen molar-refractivity contribution in [1.82, 2.24) is 5.32 Å². The van der Waals surface area contributed by atoms with E-state index in [1.807, 2.05) is 55.5 Å². The lowest BCUT2D eigenvalue weighted by atomic mass is 10.0. The van der Waals surface area contributed by atoms with Gasteiger partial charge in [-0.15, -0.1) is 0 Å². The number of ether oxygens (including phenoxy) is 3. The minimum Gasteiger partial charge on any atom is -0.493 e. The van der Waals surface area contributed by atoms with Gasteiger partial charge in [0, 0.05) is 25.8 Å². The molecule has 1 aliphatic heterocycles. The summed E-state index contributed by atoms with van der Waals surface area (Å²) < 4.78 is 16.1. The Morgan fingerprint density at radius 3 is 2.60 bits per heavy atom. The van der Waals surface area contributed by atoms with E-state index in [9.17, 15) is 9.59 Å². The summed E-state index contributed by atoms with van der Waals surface area (Å²) in [4.78, 5) is 26.8. The van der Waals surface area contributed by atoms with Gasteiger partial charge in [-0.1, -0.05) is 24.3 Å². The van der Waals surface area contributed by atoms with Crippen LogP contribution in [-0.4, -0.2) is 45.8 Å². The van der Waals surface area contributed by atoms with E-state index in [0.29, 0.717) is 31.3 Å². The molecule has 2 atom stereocenters. The number of nitrogens with one attached hydrogen (secondary N) is 1. The molecule has 0 bridgehead atoms. The number of methoxy groups -OCH3 is 2. The van der Waals surface area contributed by atoms with Gasteiger partial charge in [0.15, 0.2) is 11.5 Å². The van der Waals surface area contributed by atoms with Gasteiger partial charge >= 0.3 is 0 Å². The first kappa shape index (κ1) is 21.6. The largest absolute Gasteiger partial charge is 0.493 e. The zero-order chi connectivity index (χ0) is 21.5. The molecule has 1 N–H and O–H groups in total. The number of nitrogens with zero attached hydrogens (tertiary/aromatic N) is 1. The molecule has 1 heterocycles. The standard InChI is InChI=1S/C23H28N2O5/c1-16(17-9-10-20(21(13-17)29-3)30-12-11-28-2)24-23(27)18-14-22(26)25(15-18)19-7-5-4-6-8-19/h4-10,13,16,18H,11-12,14-15H2,1-3H3,(H,24,27)/t16-,18+/m0/s1. The zero-order valence-electron chi connectivity index (χ0n) is 17.6. The first-order valence-corrected chi connectivity index (χ1v) is 9.99. The Morgan fingerprint density at radius 1 is 1.13 bits per heavy atom. The van der Waals surface area contributed by atoms with Crippen LogP contribution in [0.25, 0.3) is 0 Å². The van der Waals surface area contributed by atoms with Crippen molar-refractivity contribution in [3.63, 3.8) is 0 Å². The van der Waals surface area contributed by atoms with Crippen molar-refractivity contribution in [3.8, 4) is 11.5 Å². The maximum absolute atomic E-state index is 12.8. The molecule has 3 rings (SSSR count). The molecule has 1 fully saturated rings. The van der Waals surface area contributed by atoms with Gasteiger partial charge in [0.2, 0.25) is 11.8 Å². The highest BCUT2D eigenvalue weighted by molar-refractivity contribution is 6.00. The van der Waals surface area contributed by atoms with E-state index in [-0.39, 0.29) is 30.2 Å². The first-order chi connectivity index (χ1) is 14.5. The molecule has 0 aromatic heterocycles. The fourth-order valence-electron chi connectivity index (χ4n) is 3.46. The average molecular weight is 412 g/mol. The number of hydrogen-bond donors (Lipinski definition) is 1. The predicted molar refractivity (Wildman–Crippen MR) is 114 cm³/mol. The zero-order valence-corrected chi connectivity index (χ0v) is 17.6. The van der Waals surface area contributed by atoms with Gasteiger partial charge in [-0.2, -0.15) is 0 Å². The van der Waals surface area contributed by atoms with Gasteiger partial charge in [0.1, 0.15) is 6.61 Å². The molecule has 2 amide bonds. The molecule has 0 aliphatic carbocycles. The van der Waals surface area contributed by atoms with Gasteiger partial charge in [-0.25, -0.2) is 0 Å². The van der Waals surface area contributed by atoms with Gasteiger partial charge in [-0.05, 0) is 36.8 Å². The van der Waals surface area contributed by atoms with Crippen LogP contribution in [0.1, 0.15) is 24.9 Å². The number of carbonyl (C=O) groups is 2. The highest BCUT2D eigenvalue weighted by atomic mass is 16.5. The van der Waals surface area contributed by atoms with E-state index < -0.39 is 0 Å². The van der Waals surface area contributed by atoms with Crippen LogP contribution in [0.5, 0.6) is 11.5 Å². The second-order valence-corrected chi connectivity index (χ2v) is 7.22. The monoisotopic (exact) mass is 412 g/mol. The van der Waals surface area contributed by atoms with Crippen LogP contribution in [0, 0.1) is 5.92 Å². The minimum atomic E-state index is -0.376. The predicted octanol–water partition coefficient (Wildman–Crippen LogP) is 2.95. The van der Waals surface area contributed by atoms with Crippen LogP contribution in [0.2, 0.25) is 0 Å². The highest BCUT2D eigenvalue weighted by Gasteiger charge is 2.35. The van der Waals surface area contributed by atoms with E-state index in [0.717, 1.165) is 11.3 Å². The molecular weight excluding hydrogens is 384 g/mol. The van der Waals surface area contributed by atoms with E-state index in [1.54, 1.807) is 19.1 Å². The minimum absolute atomic E-state index is 0.0340. The highest BCUT2D eigenvalue weighted by Crippen LogP contribution is 2.31. The van der Waals surface area contributed by atoms with Gasteiger partial charge in [0.25, 0.3) is 0 Å². The summed E-state index contributed by atoms with van der Waals surface area (Å²) >= 11 is 0. The number of anilines is 1. The molecule has 7 nitrogen and oxygen atoms in total. The molecule has 1 saturated heterocycles. The molecule has 2 aromatic carbocycles. The maximum atomic E-state index is 12.8. The Hall–Kier alpha value is -3.06. The van der Waals surface area contributed by atoms with Crippen LogP contribution >= 0.6 is 0 Å². The van der Waals surface area contributed by atoms with Gasteiger partial charge < -0.3 is 24.4 Å². The average Bonchev–Trinajstić information content (AvgIpc) is 3.16. The van der Waals surface area contributed by atoms with Crippen LogP contribution in [-0.2, 0) is 14.3 Å². The molecule has 1 aliphatic rings. The lowest BCUT2D eigenvalue weighted by Crippen LogP contribution is -2.34. The van der Waals surface area contributed by atoms with E-state index in [1.165, 1.54) is 0 Å². The lowest BCUT2D eigenvalue weighted by molar-refractivity contribution is -0.126. The number of para-hydroxylation sites is 1. The Kier molecular flexibility index (Phi) is 7.30. The van der Waals surface area contributed by atoms with Crippen molar-refractivity contribution in [2.24, 2.45) is 5.92 Å². The molecular formula is C23H28N2O5. The van der Waals surface area contributed by atoms with Crippen molar-refractivity contribution in [1.29, 1.82) is 0 Å². The summed E-state index contributed by atoms with van der Waals surface area (Å²) in [5.41, 5.74) is 1.71. The van der Waals surface area contributed by atoms with Crippen LogP contribution in [0.4, 0.5) is 5.69 Å². The molecule has 0 radical (unpaired) electrons. The summed E-state index contributed by atoms with van der Waals surface area (Å²) in [6.07, 6.45) is 0.211. The van der Waals surface area contributed by atoms with E-state index in [4.69, 9.17) is 14.2 Å². The topological polar surface area (TPSA) is 77.1 Å². The van der Waals surface area contributed by atoms with Crippen molar-refractivity contribution in [2.45, 2.75) is 19.4 Å². The molecule has 0 saturated carbocycles. The number of hydrogen-bond acceptors (Lipinski definition) is 5. The Balaban J connectivity index is 1.62. The Bertz CT molecular complexity index is 871. The Morgan fingerprint density at radius 2 is 1.90 bits per heavy atom. The lowest BCUT2D eigenvalue weighted by Gasteiger charge is -2.20. The molecule has 0 unspecified atom stereocenters. The molecule has 30 heavy (non-hydrogen) atoms. The van der Waals surface area contributed by atoms with Crippen LogP contribution < -0.4 is 19.7 Å². The number of rotatable bonds is 9. The fourth-order valence-corrected chi connectivity index (χ4v) is 3.46. The van der Waals surface area contributed by atoms with Crippen LogP contribution in [0.15, 0.2) is 48.5 Å². The summed E-state index contributed by atoms with van der Waals surface area (Å²) in [7, 11) is 3.19.